The zero-order chi connectivity index (χ0) is 21.4. The Balaban J connectivity index is 1.51. The monoisotopic (exact) mass is 434 g/mol. The molecule has 0 unspecified atom stereocenters. The van der Waals surface area contributed by atoms with Crippen molar-refractivity contribution in [1.82, 2.24) is 24.9 Å². The number of rotatable bonds is 4. The lowest BCUT2D eigenvalue weighted by Gasteiger charge is -2.32. The van der Waals surface area contributed by atoms with Crippen molar-refractivity contribution < 1.29 is 4.39 Å². The Morgan fingerprint density at radius 3 is 2.71 bits per heavy atom. The van der Waals surface area contributed by atoms with Crippen LogP contribution in [-0.4, -0.2) is 36.1 Å². The minimum absolute atomic E-state index is 0.266. The normalized spacial score (nSPS) is 14.4. The number of hydrogen-bond acceptors (Lipinski definition) is 4. The van der Waals surface area contributed by atoms with Crippen LogP contribution in [0.3, 0.4) is 0 Å². The Morgan fingerprint density at radius 2 is 1.94 bits per heavy atom. The number of pyridine rings is 1. The van der Waals surface area contributed by atoms with Gasteiger partial charge in [-0.15, -0.1) is 5.10 Å². The molecule has 2 aromatic carbocycles. The van der Waals surface area contributed by atoms with Crippen molar-refractivity contribution in [3.05, 3.63) is 65.5 Å². The third-order valence-corrected chi connectivity index (χ3v) is 6.30. The van der Waals surface area contributed by atoms with Crippen LogP contribution in [0.2, 0.25) is 0 Å². The van der Waals surface area contributed by atoms with E-state index in [4.69, 9.17) is 12.2 Å². The highest BCUT2D eigenvalue weighted by Crippen LogP contribution is 2.28. The molecule has 6 nitrogen and oxygen atoms in total. The van der Waals surface area contributed by atoms with E-state index in [0.29, 0.717) is 17.7 Å². The molecule has 5 rings (SSSR count). The average molecular weight is 435 g/mol. The van der Waals surface area contributed by atoms with Crippen molar-refractivity contribution in [1.29, 1.82) is 0 Å². The van der Waals surface area contributed by atoms with Gasteiger partial charge in [-0.2, -0.15) is 4.52 Å². The summed E-state index contributed by atoms with van der Waals surface area (Å²) >= 11 is 5.81. The summed E-state index contributed by atoms with van der Waals surface area (Å²) in [7, 11) is 0. The highest BCUT2D eigenvalue weighted by molar-refractivity contribution is 7.80. The number of hydrogen-bond donors (Lipinski definition) is 1. The zero-order valence-corrected chi connectivity index (χ0v) is 18.1. The molecule has 0 spiro atoms. The minimum atomic E-state index is -0.266. The van der Waals surface area contributed by atoms with Crippen LogP contribution in [0.15, 0.2) is 48.5 Å². The highest BCUT2D eigenvalue weighted by Gasteiger charge is 2.26. The Kier molecular flexibility index (Phi) is 5.23. The van der Waals surface area contributed by atoms with Crippen molar-refractivity contribution in [3.63, 3.8) is 0 Å². The van der Waals surface area contributed by atoms with Crippen molar-refractivity contribution in [2.75, 3.05) is 5.32 Å². The number of benzene rings is 2. The third kappa shape index (κ3) is 3.95. The van der Waals surface area contributed by atoms with Crippen LogP contribution in [-0.2, 0) is 6.54 Å². The second kappa shape index (κ2) is 8.19. The highest BCUT2D eigenvalue weighted by atomic mass is 32.1. The van der Waals surface area contributed by atoms with Gasteiger partial charge in [0.25, 0.3) is 0 Å². The summed E-state index contributed by atoms with van der Waals surface area (Å²) in [6.07, 6.45) is 4.58. The number of nitrogens with one attached hydrogen (secondary N) is 1. The van der Waals surface area contributed by atoms with Gasteiger partial charge in [-0.25, -0.2) is 4.39 Å². The SMILES string of the molecule is Cc1ccc2c(c1)cc(CN(C(=S)Nc1ccc(F)cc1)C1CCCC1)c1nnnn12. The number of thiocarbonyl (C=S) groups is 1. The zero-order valence-electron chi connectivity index (χ0n) is 17.3. The second-order valence-corrected chi connectivity index (χ2v) is 8.54. The van der Waals surface area contributed by atoms with Gasteiger partial charge < -0.3 is 10.2 Å². The van der Waals surface area contributed by atoms with Crippen molar-refractivity contribution in [2.45, 2.75) is 45.2 Å². The smallest absolute Gasteiger partial charge is 0.184 e. The van der Waals surface area contributed by atoms with Gasteiger partial charge in [0.15, 0.2) is 10.8 Å². The molecule has 8 heteroatoms. The lowest BCUT2D eigenvalue weighted by atomic mass is 10.1. The molecule has 0 amide bonds. The van der Waals surface area contributed by atoms with E-state index in [1.165, 1.54) is 30.5 Å². The summed E-state index contributed by atoms with van der Waals surface area (Å²) in [5, 5.41) is 17.4. The first-order chi connectivity index (χ1) is 15.1. The number of nitrogens with zero attached hydrogens (tertiary/aromatic N) is 5. The second-order valence-electron chi connectivity index (χ2n) is 8.15. The standard InChI is InChI=1S/C23H23FN6S/c1-15-6-11-21-16(12-15)13-17(22-26-27-28-30(21)22)14-29(20-4-2-3-5-20)23(31)25-19-9-7-18(24)8-10-19/h6-13,20H,2-5,14H2,1H3,(H,25,31). The Bertz CT molecular complexity index is 1250. The number of halogens is 1. The number of tetrazole rings is 1. The van der Waals surface area contributed by atoms with Gasteiger partial charge in [0, 0.05) is 29.2 Å². The molecule has 1 aliphatic rings. The molecule has 0 atom stereocenters. The van der Waals surface area contributed by atoms with Gasteiger partial charge in [0.2, 0.25) is 0 Å². The van der Waals surface area contributed by atoms with Crippen molar-refractivity contribution in [2.24, 2.45) is 0 Å². The van der Waals surface area contributed by atoms with Crippen LogP contribution in [0.25, 0.3) is 16.6 Å². The molecule has 4 aromatic rings. The topological polar surface area (TPSA) is 58.3 Å². The molecule has 0 radical (unpaired) electrons. The minimum Gasteiger partial charge on any atom is -0.342 e. The van der Waals surface area contributed by atoms with E-state index in [9.17, 15) is 4.39 Å². The van der Waals surface area contributed by atoms with E-state index in [-0.39, 0.29) is 5.82 Å². The van der Waals surface area contributed by atoms with Crippen LogP contribution in [0.5, 0.6) is 0 Å². The Labute approximate surface area is 185 Å². The van der Waals surface area contributed by atoms with E-state index in [1.54, 1.807) is 16.6 Å². The lowest BCUT2D eigenvalue weighted by molar-refractivity contribution is 0.313. The fourth-order valence-electron chi connectivity index (χ4n) is 4.40. The van der Waals surface area contributed by atoms with Crippen molar-refractivity contribution in [3.8, 4) is 0 Å². The Morgan fingerprint density at radius 1 is 1.16 bits per heavy atom. The fraction of sp³-hybridized carbons (Fsp3) is 0.304. The molecule has 158 valence electrons. The van der Waals surface area contributed by atoms with Gasteiger partial charge >= 0.3 is 0 Å². The molecule has 1 aliphatic carbocycles. The predicted molar refractivity (Wildman–Crippen MR) is 123 cm³/mol. The quantitative estimate of drug-likeness (QED) is 0.463. The summed E-state index contributed by atoms with van der Waals surface area (Å²) in [6.45, 7) is 2.68. The van der Waals surface area contributed by atoms with Gasteiger partial charge in [0.05, 0.1) is 5.52 Å². The summed E-state index contributed by atoms with van der Waals surface area (Å²) < 4.78 is 15.1. The summed E-state index contributed by atoms with van der Waals surface area (Å²) in [6, 6.07) is 15.0. The lowest BCUT2D eigenvalue weighted by Crippen LogP contribution is -2.41. The Hall–Kier alpha value is -3.13. The molecule has 2 aromatic heterocycles. The summed E-state index contributed by atoms with van der Waals surface area (Å²) in [4.78, 5) is 2.23. The average Bonchev–Trinajstić information content (AvgIpc) is 3.45. The molecular formula is C23H23FN6S. The number of aryl methyl sites for hydroxylation is 1. The third-order valence-electron chi connectivity index (χ3n) is 5.96. The van der Waals surface area contributed by atoms with E-state index >= 15 is 0 Å². The molecular weight excluding hydrogens is 411 g/mol. The molecule has 1 saturated carbocycles. The molecule has 1 fully saturated rings. The first kappa shape index (κ1) is 19.8. The molecule has 0 saturated heterocycles. The van der Waals surface area contributed by atoms with Gasteiger partial charge in [-0.3, -0.25) is 0 Å². The first-order valence-electron chi connectivity index (χ1n) is 10.5. The van der Waals surface area contributed by atoms with Crippen LogP contribution < -0.4 is 5.32 Å². The van der Waals surface area contributed by atoms with E-state index < -0.39 is 0 Å². The van der Waals surface area contributed by atoms with Crippen LogP contribution in [0.4, 0.5) is 10.1 Å². The first-order valence-corrected chi connectivity index (χ1v) is 10.9. The summed E-state index contributed by atoms with van der Waals surface area (Å²) in [5.74, 6) is -0.266. The maximum Gasteiger partial charge on any atom is 0.184 e. The van der Waals surface area contributed by atoms with Gasteiger partial charge in [-0.1, -0.05) is 24.5 Å². The van der Waals surface area contributed by atoms with Crippen LogP contribution >= 0.6 is 12.2 Å². The van der Waals surface area contributed by atoms with E-state index in [0.717, 1.165) is 40.6 Å². The fourth-order valence-corrected chi connectivity index (χ4v) is 4.73. The predicted octanol–water partition coefficient (Wildman–Crippen LogP) is 4.87. The van der Waals surface area contributed by atoms with Crippen molar-refractivity contribution >= 4 is 39.6 Å². The molecule has 0 bridgehead atoms. The largest absolute Gasteiger partial charge is 0.342 e. The van der Waals surface area contributed by atoms with E-state index in [1.807, 2.05) is 6.07 Å². The number of fused-ring (bicyclic) bond motifs is 3. The van der Waals surface area contributed by atoms with Crippen LogP contribution in [0.1, 0.15) is 36.8 Å². The molecule has 0 aliphatic heterocycles. The molecule has 1 N–H and O–H groups in total. The molecule has 31 heavy (non-hydrogen) atoms. The maximum absolute atomic E-state index is 13.3. The number of aromatic nitrogens is 4. The van der Waals surface area contributed by atoms with Gasteiger partial charge in [0.1, 0.15) is 5.82 Å². The summed E-state index contributed by atoms with van der Waals surface area (Å²) in [5.41, 5.74) is 4.71. The van der Waals surface area contributed by atoms with Crippen LogP contribution in [0, 0.1) is 12.7 Å². The molecule has 2 heterocycles. The van der Waals surface area contributed by atoms with E-state index in [2.05, 4.69) is 50.9 Å². The number of anilines is 1. The maximum atomic E-state index is 13.3. The van der Waals surface area contributed by atoms with Gasteiger partial charge in [-0.05, 0) is 84.9 Å².